The zero-order valence-corrected chi connectivity index (χ0v) is 25.4. The molecule has 45 heavy (non-hydrogen) atoms. The lowest BCUT2D eigenvalue weighted by Gasteiger charge is -2.65. The minimum absolute atomic E-state index is 0.0213. The summed E-state index contributed by atoms with van der Waals surface area (Å²) in [5, 5.41) is 18.4. The summed E-state index contributed by atoms with van der Waals surface area (Å²) >= 11 is 0. The molecule has 2 atom stereocenters. The number of benzene rings is 4. The Labute approximate surface area is 262 Å². The number of carbonyl (C=O) groups is 2. The van der Waals surface area contributed by atoms with Crippen molar-refractivity contribution in [1.82, 2.24) is 0 Å². The molecule has 230 valence electrons. The highest BCUT2D eigenvalue weighted by molar-refractivity contribution is 5.88. The first-order valence-electron chi connectivity index (χ1n) is 15.4. The predicted octanol–water partition coefficient (Wildman–Crippen LogP) is 9.71. The highest BCUT2D eigenvalue weighted by Crippen LogP contribution is 2.70. The monoisotopic (exact) mass is 604 g/mol. The molecule has 0 amide bonds. The van der Waals surface area contributed by atoms with E-state index in [0.717, 1.165) is 36.3 Å². The van der Waals surface area contributed by atoms with E-state index < -0.39 is 11.9 Å². The zero-order chi connectivity index (χ0) is 31.4. The van der Waals surface area contributed by atoms with E-state index in [9.17, 15) is 14.7 Å². The van der Waals surface area contributed by atoms with Crippen LogP contribution in [0.3, 0.4) is 0 Å². The van der Waals surface area contributed by atoms with Gasteiger partial charge >= 0.3 is 11.9 Å². The SMILES string of the molecule is CC12CC3CC(C)(C1)CC(c1cc(Oc4ccc(Oc5ccc(C(=O)O)cc5)cc4)ccc1Oc1ccc(C(=O)O)cc1)(C3)C2. The van der Waals surface area contributed by atoms with Crippen molar-refractivity contribution >= 4 is 11.9 Å². The Hall–Kier alpha value is -4.78. The third-order valence-electron chi connectivity index (χ3n) is 9.87. The minimum Gasteiger partial charge on any atom is -0.478 e. The van der Waals surface area contributed by atoms with Crippen molar-refractivity contribution in [2.45, 2.75) is 57.8 Å². The van der Waals surface area contributed by atoms with Crippen molar-refractivity contribution in [3.8, 4) is 34.5 Å². The van der Waals surface area contributed by atoms with E-state index in [4.69, 9.17) is 19.3 Å². The molecule has 2 unspecified atom stereocenters. The fraction of sp³-hybridized carbons (Fsp3) is 0.316. The first kappa shape index (κ1) is 29.0. The summed E-state index contributed by atoms with van der Waals surface area (Å²) in [6.07, 6.45) is 7.19. The third kappa shape index (κ3) is 5.75. The molecule has 2 N–H and O–H groups in total. The summed E-state index contributed by atoms with van der Waals surface area (Å²) in [6.45, 7) is 4.92. The van der Waals surface area contributed by atoms with E-state index >= 15 is 0 Å². The fourth-order valence-corrected chi connectivity index (χ4v) is 9.13. The minimum atomic E-state index is -0.980. The van der Waals surface area contributed by atoms with Crippen LogP contribution >= 0.6 is 0 Å². The highest BCUT2D eigenvalue weighted by atomic mass is 16.5. The Balaban J connectivity index is 1.17. The molecule has 0 heterocycles. The standard InChI is InChI=1S/C38H36O7/c1-36-18-24-19-37(2,21-36)23-38(20-24,22-36)32-17-31(15-16-33(32)45-30-9-5-26(6-10-30)35(41)42)44-29-13-11-28(12-14-29)43-27-7-3-25(4-8-27)34(39)40/h3-17,24H,18-23H2,1-2H3,(H,39,40)(H,41,42). The molecule has 4 saturated carbocycles. The van der Waals surface area contributed by atoms with Crippen LogP contribution in [0.25, 0.3) is 0 Å². The van der Waals surface area contributed by atoms with Gasteiger partial charge in [0, 0.05) is 11.0 Å². The molecule has 7 heteroatoms. The van der Waals surface area contributed by atoms with Crippen molar-refractivity contribution in [3.05, 3.63) is 108 Å². The average molecular weight is 605 g/mol. The summed E-state index contributed by atoms with van der Waals surface area (Å²) in [7, 11) is 0. The Bertz CT molecular complexity index is 1740. The second-order valence-corrected chi connectivity index (χ2v) is 14.0. The average Bonchev–Trinajstić information content (AvgIpc) is 2.97. The molecule has 0 aliphatic heterocycles. The lowest BCUT2D eigenvalue weighted by Crippen LogP contribution is -2.56. The van der Waals surface area contributed by atoms with Crippen molar-refractivity contribution in [1.29, 1.82) is 0 Å². The maximum absolute atomic E-state index is 11.4. The van der Waals surface area contributed by atoms with Crippen LogP contribution < -0.4 is 14.2 Å². The smallest absolute Gasteiger partial charge is 0.335 e. The first-order valence-corrected chi connectivity index (χ1v) is 15.4. The second kappa shape index (κ2) is 10.7. The number of hydrogen-bond donors (Lipinski definition) is 2. The lowest BCUT2D eigenvalue weighted by molar-refractivity contribution is -0.110. The molecule has 4 aromatic carbocycles. The van der Waals surface area contributed by atoms with Gasteiger partial charge in [-0.2, -0.15) is 0 Å². The van der Waals surface area contributed by atoms with Crippen LogP contribution in [0.2, 0.25) is 0 Å². The van der Waals surface area contributed by atoms with Gasteiger partial charge in [0.15, 0.2) is 0 Å². The van der Waals surface area contributed by atoms with E-state index in [1.807, 2.05) is 36.4 Å². The molecular weight excluding hydrogens is 568 g/mol. The number of carboxylic acids is 2. The number of ether oxygens (including phenoxy) is 3. The third-order valence-corrected chi connectivity index (χ3v) is 9.87. The molecule has 0 radical (unpaired) electrons. The number of rotatable bonds is 9. The van der Waals surface area contributed by atoms with E-state index in [1.165, 1.54) is 31.4 Å². The van der Waals surface area contributed by atoms with Gasteiger partial charge in [-0.1, -0.05) is 13.8 Å². The van der Waals surface area contributed by atoms with Crippen molar-refractivity contribution in [3.63, 3.8) is 0 Å². The topological polar surface area (TPSA) is 102 Å². The van der Waals surface area contributed by atoms with Gasteiger partial charge in [-0.05, 0) is 146 Å². The Morgan fingerprint density at radius 1 is 0.578 bits per heavy atom. The van der Waals surface area contributed by atoms with Crippen LogP contribution in [0.15, 0.2) is 91.0 Å². The molecule has 4 aromatic rings. The van der Waals surface area contributed by atoms with Crippen LogP contribution in [-0.4, -0.2) is 22.2 Å². The van der Waals surface area contributed by atoms with Gasteiger partial charge in [0.1, 0.15) is 34.5 Å². The van der Waals surface area contributed by atoms with E-state index in [-0.39, 0.29) is 16.5 Å². The van der Waals surface area contributed by atoms with Gasteiger partial charge in [-0.15, -0.1) is 0 Å². The second-order valence-electron chi connectivity index (χ2n) is 14.0. The number of hydrogen-bond acceptors (Lipinski definition) is 5. The summed E-state index contributed by atoms with van der Waals surface area (Å²) in [4.78, 5) is 22.5. The fourth-order valence-electron chi connectivity index (χ4n) is 9.13. The normalized spacial score (nSPS) is 26.3. The van der Waals surface area contributed by atoms with E-state index in [2.05, 4.69) is 19.9 Å². The molecule has 0 spiro atoms. The maximum atomic E-state index is 11.4. The summed E-state index contributed by atoms with van der Waals surface area (Å²) in [5.74, 6) is 2.68. The molecular formula is C38H36O7. The van der Waals surface area contributed by atoms with Gasteiger partial charge in [0.2, 0.25) is 0 Å². The molecule has 0 aromatic heterocycles. The number of aromatic carboxylic acids is 2. The van der Waals surface area contributed by atoms with Gasteiger partial charge in [0.05, 0.1) is 11.1 Å². The van der Waals surface area contributed by atoms with E-state index in [1.54, 1.807) is 36.4 Å². The van der Waals surface area contributed by atoms with Crippen molar-refractivity contribution in [2.75, 3.05) is 0 Å². The summed E-state index contributed by atoms with van der Waals surface area (Å²) in [6, 6.07) is 26.2. The molecule has 4 aliphatic carbocycles. The van der Waals surface area contributed by atoms with Crippen LogP contribution in [0.5, 0.6) is 34.5 Å². The molecule has 4 aliphatic rings. The quantitative estimate of drug-likeness (QED) is 0.196. The summed E-state index contributed by atoms with van der Waals surface area (Å²) < 4.78 is 18.8. The van der Waals surface area contributed by atoms with Crippen LogP contribution in [0.1, 0.15) is 78.7 Å². The molecule has 4 fully saturated rings. The molecule has 7 nitrogen and oxygen atoms in total. The number of carboxylic acid groups (broad SMARTS) is 2. The van der Waals surface area contributed by atoms with Crippen LogP contribution in [0, 0.1) is 16.7 Å². The Morgan fingerprint density at radius 3 is 1.47 bits per heavy atom. The van der Waals surface area contributed by atoms with Crippen molar-refractivity contribution in [2.24, 2.45) is 16.7 Å². The Morgan fingerprint density at radius 2 is 1.00 bits per heavy atom. The predicted molar refractivity (Wildman–Crippen MR) is 169 cm³/mol. The lowest BCUT2D eigenvalue weighted by atomic mass is 9.39. The molecule has 4 bridgehead atoms. The van der Waals surface area contributed by atoms with Crippen LogP contribution in [0.4, 0.5) is 0 Å². The van der Waals surface area contributed by atoms with Crippen LogP contribution in [-0.2, 0) is 5.41 Å². The molecule has 8 rings (SSSR count). The zero-order valence-electron chi connectivity index (χ0n) is 25.4. The van der Waals surface area contributed by atoms with Gasteiger partial charge in [0.25, 0.3) is 0 Å². The highest BCUT2D eigenvalue weighted by Gasteiger charge is 2.61. The first-order chi connectivity index (χ1) is 21.5. The molecule has 0 saturated heterocycles. The van der Waals surface area contributed by atoms with Gasteiger partial charge in [-0.3, -0.25) is 0 Å². The van der Waals surface area contributed by atoms with E-state index in [0.29, 0.717) is 39.7 Å². The summed E-state index contributed by atoms with van der Waals surface area (Å²) in [5.41, 5.74) is 2.17. The van der Waals surface area contributed by atoms with Gasteiger partial charge in [-0.25, -0.2) is 9.59 Å². The van der Waals surface area contributed by atoms with Crippen molar-refractivity contribution < 1.29 is 34.0 Å². The Kier molecular flexibility index (Phi) is 6.88. The maximum Gasteiger partial charge on any atom is 0.335 e. The largest absolute Gasteiger partial charge is 0.478 e. The van der Waals surface area contributed by atoms with Gasteiger partial charge < -0.3 is 24.4 Å².